The van der Waals surface area contributed by atoms with E-state index in [4.69, 9.17) is 14.5 Å². The SMILES string of the molecule is Cc1cc2c(cc1C)N(CC(=O)Nc1ccc3c(c1)OCCO3)C(=O)C1CCCC1=N2. The van der Waals surface area contributed by atoms with Gasteiger partial charge in [0.1, 0.15) is 19.8 Å². The summed E-state index contributed by atoms with van der Waals surface area (Å²) in [6.07, 6.45) is 2.57. The van der Waals surface area contributed by atoms with Gasteiger partial charge >= 0.3 is 0 Å². The van der Waals surface area contributed by atoms with Gasteiger partial charge in [0.05, 0.1) is 17.3 Å². The highest BCUT2D eigenvalue weighted by Gasteiger charge is 2.37. The van der Waals surface area contributed by atoms with Gasteiger partial charge in [-0.1, -0.05) is 0 Å². The molecule has 1 unspecified atom stereocenters. The fourth-order valence-electron chi connectivity index (χ4n) is 4.41. The number of carbonyl (C=O) groups is 2. The van der Waals surface area contributed by atoms with E-state index in [0.717, 1.165) is 41.8 Å². The molecule has 0 spiro atoms. The van der Waals surface area contributed by atoms with Gasteiger partial charge < -0.3 is 19.7 Å². The quantitative estimate of drug-likeness (QED) is 0.817. The standard InChI is InChI=1S/C24H25N3O4/c1-14-10-19-20(11-15(14)2)27(24(29)17-4-3-5-18(17)26-19)13-23(28)25-16-6-7-21-22(12-16)31-9-8-30-21/h6-7,10-12,17H,3-5,8-9,13H2,1-2H3,(H,25,28). The summed E-state index contributed by atoms with van der Waals surface area (Å²) >= 11 is 0. The zero-order chi connectivity index (χ0) is 21.5. The minimum Gasteiger partial charge on any atom is -0.486 e. The maximum atomic E-state index is 13.4. The van der Waals surface area contributed by atoms with Gasteiger partial charge in [-0.3, -0.25) is 14.6 Å². The fraction of sp³-hybridized carbons (Fsp3) is 0.375. The molecule has 2 aromatic carbocycles. The number of hydrogen-bond acceptors (Lipinski definition) is 5. The van der Waals surface area contributed by atoms with E-state index in [1.54, 1.807) is 23.1 Å². The molecule has 1 atom stereocenters. The van der Waals surface area contributed by atoms with Crippen LogP contribution in [0.1, 0.15) is 30.4 Å². The van der Waals surface area contributed by atoms with Crippen molar-refractivity contribution < 1.29 is 19.1 Å². The third kappa shape index (κ3) is 3.65. The Morgan fingerprint density at radius 1 is 1.13 bits per heavy atom. The van der Waals surface area contributed by atoms with Crippen molar-refractivity contribution >= 4 is 34.6 Å². The number of fused-ring (bicyclic) bond motifs is 3. The van der Waals surface area contributed by atoms with Crippen LogP contribution in [0.15, 0.2) is 35.3 Å². The molecule has 2 heterocycles. The molecule has 0 radical (unpaired) electrons. The van der Waals surface area contributed by atoms with E-state index < -0.39 is 0 Å². The molecular weight excluding hydrogens is 394 g/mol. The van der Waals surface area contributed by atoms with E-state index in [0.29, 0.717) is 36.1 Å². The van der Waals surface area contributed by atoms with Gasteiger partial charge in [0.15, 0.2) is 11.5 Å². The van der Waals surface area contributed by atoms with Crippen LogP contribution in [-0.2, 0) is 9.59 Å². The average molecular weight is 419 g/mol. The lowest BCUT2D eigenvalue weighted by Gasteiger charge is -2.25. The molecule has 2 aliphatic heterocycles. The van der Waals surface area contributed by atoms with Gasteiger partial charge in [-0.05, 0) is 68.5 Å². The smallest absolute Gasteiger partial charge is 0.244 e. The topological polar surface area (TPSA) is 80.2 Å². The van der Waals surface area contributed by atoms with E-state index in [1.165, 1.54) is 0 Å². The first-order chi connectivity index (χ1) is 15.0. The molecule has 1 N–H and O–H groups in total. The summed E-state index contributed by atoms with van der Waals surface area (Å²) in [5, 5.41) is 2.89. The van der Waals surface area contributed by atoms with E-state index in [1.807, 2.05) is 26.0 Å². The Labute approximate surface area is 181 Å². The summed E-state index contributed by atoms with van der Waals surface area (Å²) in [4.78, 5) is 32.8. The lowest BCUT2D eigenvalue weighted by Crippen LogP contribution is -2.42. The number of nitrogens with zero attached hydrogens (tertiary/aromatic N) is 2. The van der Waals surface area contributed by atoms with Crippen molar-refractivity contribution in [3.05, 3.63) is 41.5 Å². The number of amides is 2. The Hall–Kier alpha value is -3.35. The zero-order valence-electron chi connectivity index (χ0n) is 17.7. The Bertz CT molecular complexity index is 1110. The minimum absolute atomic E-state index is 0.0458. The van der Waals surface area contributed by atoms with Gasteiger partial charge in [-0.25, -0.2) is 0 Å². The molecule has 2 aromatic rings. The first-order valence-electron chi connectivity index (χ1n) is 10.7. The molecule has 0 saturated heterocycles. The number of ether oxygens (including phenoxy) is 2. The van der Waals surface area contributed by atoms with Gasteiger partial charge in [-0.2, -0.15) is 0 Å². The fourth-order valence-corrected chi connectivity index (χ4v) is 4.41. The predicted octanol–water partition coefficient (Wildman–Crippen LogP) is 3.93. The van der Waals surface area contributed by atoms with Crippen LogP contribution in [0.3, 0.4) is 0 Å². The largest absolute Gasteiger partial charge is 0.486 e. The molecular formula is C24H25N3O4. The van der Waals surface area contributed by atoms with Crippen LogP contribution in [0.25, 0.3) is 0 Å². The van der Waals surface area contributed by atoms with E-state index in [9.17, 15) is 9.59 Å². The summed E-state index contributed by atoms with van der Waals surface area (Å²) in [6.45, 7) is 4.97. The van der Waals surface area contributed by atoms with Crippen molar-refractivity contribution in [2.45, 2.75) is 33.1 Å². The number of hydrogen-bond donors (Lipinski definition) is 1. The molecule has 0 aromatic heterocycles. The van der Waals surface area contributed by atoms with Crippen LogP contribution in [0.4, 0.5) is 17.1 Å². The molecule has 1 fully saturated rings. The predicted molar refractivity (Wildman–Crippen MR) is 119 cm³/mol. The number of nitrogens with one attached hydrogen (secondary N) is 1. The second-order valence-corrected chi connectivity index (χ2v) is 8.30. The second-order valence-electron chi connectivity index (χ2n) is 8.30. The van der Waals surface area contributed by atoms with Gasteiger partial charge in [0.25, 0.3) is 0 Å². The lowest BCUT2D eigenvalue weighted by atomic mass is 10.0. The average Bonchev–Trinajstić information content (AvgIpc) is 3.19. The highest BCUT2D eigenvalue weighted by molar-refractivity contribution is 6.17. The third-order valence-electron chi connectivity index (χ3n) is 6.17. The number of aryl methyl sites for hydroxylation is 2. The van der Waals surface area contributed by atoms with Crippen LogP contribution in [0.2, 0.25) is 0 Å². The summed E-state index contributed by atoms with van der Waals surface area (Å²) in [5.41, 5.74) is 5.19. The summed E-state index contributed by atoms with van der Waals surface area (Å²) in [5.74, 6) is 0.717. The maximum Gasteiger partial charge on any atom is 0.244 e. The van der Waals surface area contributed by atoms with Crippen LogP contribution in [0, 0.1) is 19.8 Å². The van der Waals surface area contributed by atoms with Crippen molar-refractivity contribution in [2.24, 2.45) is 10.9 Å². The van der Waals surface area contributed by atoms with E-state index in [-0.39, 0.29) is 24.3 Å². The van der Waals surface area contributed by atoms with Crippen LogP contribution in [0.5, 0.6) is 11.5 Å². The molecule has 5 rings (SSSR count). The number of carbonyl (C=O) groups excluding carboxylic acids is 2. The minimum atomic E-state index is -0.268. The van der Waals surface area contributed by atoms with Crippen molar-refractivity contribution in [3.63, 3.8) is 0 Å². The Morgan fingerprint density at radius 3 is 2.74 bits per heavy atom. The summed E-state index contributed by atoms with van der Waals surface area (Å²) < 4.78 is 11.1. The monoisotopic (exact) mass is 419 g/mol. The van der Waals surface area contributed by atoms with Gasteiger partial charge in [0.2, 0.25) is 11.8 Å². The van der Waals surface area contributed by atoms with Gasteiger partial charge in [-0.15, -0.1) is 0 Å². The molecule has 2 amide bonds. The van der Waals surface area contributed by atoms with Crippen molar-refractivity contribution in [1.29, 1.82) is 0 Å². The highest BCUT2D eigenvalue weighted by Crippen LogP contribution is 2.39. The Kier molecular flexibility index (Phi) is 4.88. The molecule has 160 valence electrons. The van der Waals surface area contributed by atoms with E-state index >= 15 is 0 Å². The van der Waals surface area contributed by atoms with Crippen molar-refractivity contribution in [2.75, 3.05) is 30.0 Å². The first kappa shape index (κ1) is 19.6. The number of anilines is 2. The van der Waals surface area contributed by atoms with E-state index in [2.05, 4.69) is 5.32 Å². The molecule has 1 aliphatic carbocycles. The third-order valence-corrected chi connectivity index (χ3v) is 6.17. The maximum absolute atomic E-state index is 13.4. The molecule has 31 heavy (non-hydrogen) atoms. The van der Waals surface area contributed by atoms with Gasteiger partial charge in [0, 0.05) is 17.5 Å². The number of benzene rings is 2. The van der Waals surface area contributed by atoms with Crippen LogP contribution in [-0.4, -0.2) is 37.3 Å². The lowest BCUT2D eigenvalue weighted by molar-refractivity contribution is -0.122. The first-order valence-corrected chi connectivity index (χ1v) is 10.7. The second kappa shape index (κ2) is 7.72. The number of rotatable bonds is 3. The van der Waals surface area contributed by atoms with Crippen molar-refractivity contribution in [1.82, 2.24) is 0 Å². The molecule has 3 aliphatic rings. The Balaban J connectivity index is 1.42. The molecule has 7 nitrogen and oxygen atoms in total. The Morgan fingerprint density at radius 2 is 1.90 bits per heavy atom. The molecule has 0 bridgehead atoms. The van der Waals surface area contributed by atoms with Crippen LogP contribution >= 0.6 is 0 Å². The number of aliphatic imine (C=N–C) groups is 1. The summed E-state index contributed by atoms with van der Waals surface area (Å²) in [7, 11) is 0. The summed E-state index contributed by atoms with van der Waals surface area (Å²) in [6, 6.07) is 9.27. The normalized spacial score (nSPS) is 19.3. The van der Waals surface area contributed by atoms with Crippen LogP contribution < -0.4 is 19.7 Å². The molecule has 7 heteroatoms. The molecule has 1 saturated carbocycles. The highest BCUT2D eigenvalue weighted by atomic mass is 16.6. The zero-order valence-corrected chi connectivity index (χ0v) is 17.7. The van der Waals surface area contributed by atoms with Crippen molar-refractivity contribution in [3.8, 4) is 11.5 Å².